The summed E-state index contributed by atoms with van der Waals surface area (Å²) in [6.07, 6.45) is 3.88. The van der Waals surface area contributed by atoms with Crippen LogP contribution in [0.1, 0.15) is 58.1 Å². The van der Waals surface area contributed by atoms with Gasteiger partial charge in [-0.1, -0.05) is 26.8 Å². The molecule has 1 aromatic carbocycles. The zero-order chi connectivity index (χ0) is 17.5. The third kappa shape index (κ3) is 3.21. The van der Waals surface area contributed by atoms with E-state index in [1.165, 1.54) is 6.42 Å². The molecule has 0 unspecified atom stereocenters. The lowest BCUT2D eigenvalue weighted by atomic mass is 9.92. The van der Waals surface area contributed by atoms with Crippen LogP contribution in [0.2, 0.25) is 0 Å². The second kappa shape index (κ2) is 6.25. The molecule has 1 aliphatic rings. The first kappa shape index (κ1) is 17.0. The fourth-order valence-electron chi connectivity index (χ4n) is 3.14. The van der Waals surface area contributed by atoms with Gasteiger partial charge in [-0.3, -0.25) is 4.79 Å². The summed E-state index contributed by atoms with van der Waals surface area (Å²) in [7, 11) is 0. The molecule has 3 rings (SSSR count). The smallest absolute Gasteiger partial charge is 0.226 e. The molecule has 0 bridgehead atoms. The van der Waals surface area contributed by atoms with Crippen LogP contribution in [0.4, 0.5) is 5.82 Å². The van der Waals surface area contributed by atoms with Gasteiger partial charge in [0.2, 0.25) is 5.91 Å². The van der Waals surface area contributed by atoms with Crippen LogP contribution in [0, 0.1) is 16.7 Å². The summed E-state index contributed by atoms with van der Waals surface area (Å²) in [4.78, 5) is 12.5. The van der Waals surface area contributed by atoms with Crippen molar-refractivity contribution in [3.63, 3.8) is 0 Å². The number of rotatable bonds is 3. The SMILES string of the molecule is CC(C)(C)CC(=O)Nc1c(Br)c2ccc(C#N)cc2n1C1CCC1. The van der Waals surface area contributed by atoms with Crippen LogP contribution in [0.25, 0.3) is 10.9 Å². The number of hydrogen-bond donors (Lipinski definition) is 1. The molecule has 1 amide bonds. The average molecular weight is 388 g/mol. The second-order valence-electron chi connectivity index (χ2n) is 7.75. The molecule has 0 atom stereocenters. The summed E-state index contributed by atoms with van der Waals surface area (Å²) in [6.45, 7) is 6.17. The van der Waals surface area contributed by atoms with Crippen LogP contribution in [-0.2, 0) is 4.79 Å². The average Bonchev–Trinajstić information content (AvgIpc) is 2.69. The van der Waals surface area contributed by atoms with E-state index in [1.54, 1.807) is 0 Å². The van der Waals surface area contributed by atoms with Gasteiger partial charge in [0.25, 0.3) is 0 Å². The lowest BCUT2D eigenvalue weighted by Gasteiger charge is -2.30. The number of amides is 1. The predicted molar refractivity (Wildman–Crippen MR) is 99.9 cm³/mol. The Morgan fingerprint density at radius 2 is 2.12 bits per heavy atom. The molecule has 0 radical (unpaired) electrons. The van der Waals surface area contributed by atoms with Crippen molar-refractivity contribution in [1.29, 1.82) is 5.26 Å². The lowest BCUT2D eigenvalue weighted by Crippen LogP contribution is -2.24. The van der Waals surface area contributed by atoms with Crippen LogP contribution in [-0.4, -0.2) is 10.5 Å². The maximum atomic E-state index is 12.5. The van der Waals surface area contributed by atoms with Crippen molar-refractivity contribution >= 4 is 38.6 Å². The highest BCUT2D eigenvalue weighted by Crippen LogP contribution is 2.43. The minimum Gasteiger partial charge on any atom is -0.323 e. The maximum absolute atomic E-state index is 12.5. The Morgan fingerprint density at radius 3 is 2.67 bits per heavy atom. The zero-order valence-corrected chi connectivity index (χ0v) is 15.9. The van der Waals surface area contributed by atoms with Gasteiger partial charge in [0, 0.05) is 17.8 Å². The highest BCUT2D eigenvalue weighted by molar-refractivity contribution is 9.10. The van der Waals surface area contributed by atoms with Gasteiger partial charge in [0.1, 0.15) is 5.82 Å². The molecule has 1 fully saturated rings. The van der Waals surface area contributed by atoms with E-state index < -0.39 is 0 Å². The Morgan fingerprint density at radius 1 is 1.42 bits per heavy atom. The Hall–Kier alpha value is -1.80. The largest absolute Gasteiger partial charge is 0.323 e. The van der Waals surface area contributed by atoms with E-state index in [2.05, 4.69) is 52.7 Å². The first-order valence-corrected chi connectivity index (χ1v) is 9.13. The normalized spacial score (nSPS) is 15.1. The Balaban J connectivity index is 2.07. The fourth-order valence-corrected chi connectivity index (χ4v) is 3.76. The minimum absolute atomic E-state index is 0.0205. The molecule has 0 spiro atoms. The molecule has 1 saturated carbocycles. The predicted octanol–water partition coefficient (Wildman–Crippen LogP) is 5.38. The molecule has 0 saturated heterocycles. The van der Waals surface area contributed by atoms with Gasteiger partial charge < -0.3 is 9.88 Å². The molecule has 24 heavy (non-hydrogen) atoms. The van der Waals surface area contributed by atoms with E-state index >= 15 is 0 Å². The van der Waals surface area contributed by atoms with Crippen LogP contribution in [0.5, 0.6) is 0 Å². The number of nitrogens with one attached hydrogen (secondary N) is 1. The summed E-state index contributed by atoms with van der Waals surface area (Å²) in [5, 5.41) is 13.3. The van der Waals surface area contributed by atoms with Gasteiger partial charge in [-0.2, -0.15) is 5.26 Å². The van der Waals surface area contributed by atoms with Crippen molar-refractivity contribution in [3.8, 4) is 6.07 Å². The lowest BCUT2D eigenvalue weighted by molar-refractivity contribution is -0.117. The molecule has 1 N–H and O–H groups in total. The van der Waals surface area contributed by atoms with E-state index in [-0.39, 0.29) is 11.3 Å². The number of aromatic nitrogens is 1. The molecular weight excluding hydrogens is 366 g/mol. The molecule has 1 aromatic heterocycles. The van der Waals surface area contributed by atoms with Gasteiger partial charge in [-0.15, -0.1) is 0 Å². The van der Waals surface area contributed by atoms with Crippen molar-refractivity contribution in [2.75, 3.05) is 5.32 Å². The van der Waals surface area contributed by atoms with Gasteiger partial charge in [-0.25, -0.2) is 0 Å². The number of fused-ring (bicyclic) bond motifs is 1. The first-order valence-electron chi connectivity index (χ1n) is 8.33. The molecule has 0 aliphatic heterocycles. The minimum atomic E-state index is -0.0577. The fraction of sp³-hybridized carbons (Fsp3) is 0.474. The Kier molecular flexibility index (Phi) is 4.44. The number of carbonyl (C=O) groups excluding carboxylic acids is 1. The quantitative estimate of drug-likeness (QED) is 0.768. The van der Waals surface area contributed by atoms with Gasteiger partial charge in [0.15, 0.2) is 0 Å². The summed E-state index contributed by atoms with van der Waals surface area (Å²) in [5.41, 5.74) is 1.59. The van der Waals surface area contributed by atoms with Crippen molar-refractivity contribution in [2.24, 2.45) is 5.41 Å². The van der Waals surface area contributed by atoms with Gasteiger partial charge in [0.05, 0.1) is 21.6 Å². The Labute approximate surface area is 151 Å². The maximum Gasteiger partial charge on any atom is 0.226 e. The third-order valence-electron chi connectivity index (χ3n) is 4.46. The molecule has 1 heterocycles. The van der Waals surface area contributed by atoms with Gasteiger partial charge in [-0.05, 0) is 52.7 Å². The van der Waals surface area contributed by atoms with Crippen LogP contribution >= 0.6 is 15.9 Å². The number of anilines is 1. The van der Waals surface area contributed by atoms with Crippen LogP contribution < -0.4 is 5.32 Å². The van der Waals surface area contributed by atoms with E-state index in [4.69, 9.17) is 0 Å². The van der Waals surface area contributed by atoms with Gasteiger partial charge >= 0.3 is 0 Å². The van der Waals surface area contributed by atoms with Crippen LogP contribution in [0.3, 0.4) is 0 Å². The molecule has 4 nitrogen and oxygen atoms in total. The third-order valence-corrected chi connectivity index (χ3v) is 5.26. The first-order chi connectivity index (χ1) is 11.3. The van der Waals surface area contributed by atoms with E-state index in [0.29, 0.717) is 18.0 Å². The highest BCUT2D eigenvalue weighted by atomic mass is 79.9. The number of carbonyl (C=O) groups is 1. The summed E-state index contributed by atoms with van der Waals surface area (Å²) in [5.74, 6) is 0.839. The van der Waals surface area contributed by atoms with Crippen molar-refractivity contribution in [3.05, 3.63) is 28.2 Å². The Bertz CT molecular complexity index is 835. The number of benzene rings is 1. The summed E-state index contributed by atoms with van der Waals surface area (Å²) in [6, 6.07) is 8.28. The monoisotopic (exact) mass is 387 g/mol. The molecular formula is C19H22BrN3O. The number of nitrogens with zero attached hydrogens (tertiary/aromatic N) is 2. The molecule has 126 valence electrons. The van der Waals surface area contributed by atoms with Crippen molar-refractivity contribution < 1.29 is 4.79 Å². The highest BCUT2D eigenvalue weighted by Gasteiger charge is 2.28. The molecule has 5 heteroatoms. The zero-order valence-electron chi connectivity index (χ0n) is 14.3. The molecule has 1 aliphatic carbocycles. The van der Waals surface area contributed by atoms with Crippen LogP contribution in [0.15, 0.2) is 22.7 Å². The summed E-state index contributed by atoms with van der Waals surface area (Å²) >= 11 is 3.66. The number of halogens is 1. The topological polar surface area (TPSA) is 57.8 Å². The summed E-state index contributed by atoms with van der Waals surface area (Å²) < 4.78 is 3.10. The number of nitriles is 1. The van der Waals surface area contributed by atoms with E-state index in [9.17, 15) is 10.1 Å². The van der Waals surface area contributed by atoms with E-state index in [1.807, 2.05) is 18.2 Å². The second-order valence-corrected chi connectivity index (χ2v) is 8.54. The van der Waals surface area contributed by atoms with Crippen molar-refractivity contribution in [1.82, 2.24) is 4.57 Å². The van der Waals surface area contributed by atoms with Crippen molar-refractivity contribution in [2.45, 2.75) is 52.5 Å². The number of hydrogen-bond acceptors (Lipinski definition) is 2. The van der Waals surface area contributed by atoms with E-state index in [0.717, 1.165) is 34.0 Å². The standard InChI is InChI=1S/C19H22BrN3O/c1-19(2,3)10-16(24)22-18-17(20)14-8-7-12(11-21)9-15(14)23(18)13-5-4-6-13/h7-9,13H,4-6,10H2,1-3H3,(H,22,24). The molecule has 2 aromatic rings.